The Kier molecular flexibility index (Phi) is 8.10. The smallest absolute Gasteiger partial charge is 0.240 e. The molecule has 0 amide bonds. The van der Waals surface area contributed by atoms with Crippen LogP contribution in [0.1, 0.15) is 13.3 Å². The van der Waals surface area contributed by atoms with Crippen LogP contribution in [0.5, 0.6) is 5.75 Å². The van der Waals surface area contributed by atoms with Gasteiger partial charge in [-0.05, 0) is 42.2 Å². The van der Waals surface area contributed by atoms with Crippen LogP contribution < -0.4 is 9.46 Å². The monoisotopic (exact) mass is 333 g/mol. The van der Waals surface area contributed by atoms with Gasteiger partial charge in [-0.3, -0.25) is 0 Å². The minimum absolute atomic E-state index is 0.0740. The molecule has 7 heteroatoms. The standard InChI is InChI=1S/C14H23NO4S2/c1-12(11-20-2)10-15-21(17,18)14-6-4-13(5-7-14)19-9-3-8-16/h4-7,12,15-16H,3,8-11H2,1-2H3. The lowest BCUT2D eigenvalue weighted by Gasteiger charge is -2.12. The summed E-state index contributed by atoms with van der Waals surface area (Å²) < 4.78 is 32.2. The SMILES string of the molecule is CSCC(C)CNS(=O)(=O)c1ccc(OCCCO)cc1. The number of rotatable bonds is 10. The molecule has 0 aliphatic carbocycles. The molecule has 0 spiro atoms. The molecule has 0 bridgehead atoms. The molecule has 0 fully saturated rings. The number of benzene rings is 1. The van der Waals surface area contributed by atoms with Gasteiger partial charge in [-0.25, -0.2) is 13.1 Å². The minimum atomic E-state index is -3.47. The zero-order valence-corrected chi connectivity index (χ0v) is 14.0. The Hall–Kier alpha value is -0.760. The van der Waals surface area contributed by atoms with Gasteiger partial charge < -0.3 is 9.84 Å². The molecule has 21 heavy (non-hydrogen) atoms. The number of sulfonamides is 1. The van der Waals surface area contributed by atoms with Gasteiger partial charge in [0.05, 0.1) is 11.5 Å². The molecular formula is C14H23NO4S2. The molecule has 0 saturated carbocycles. The summed E-state index contributed by atoms with van der Waals surface area (Å²) in [6.07, 6.45) is 2.55. The third-order valence-electron chi connectivity index (χ3n) is 2.78. The fraction of sp³-hybridized carbons (Fsp3) is 0.571. The van der Waals surface area contributed by atoms with Crippen LogP contribution in [0.15, 0.2) is 29.2 Å². The predicted molar refractivity (Wildman–Crippen MR) is 86.4 cm³/mol. The molecule has 0 aromatic heterocycles. The van der Waals surface area contributed by atoms with Crippen molar-refractivity contribution in [2.45, 2.75) is 18.2 Å². The third kappa shape index (κ3) is 6.69. The van der Waals surface area contributed by atoms with E-state index >= 15 is 0 Å². The maximum atomic E-state index is 12.1. The first-order valence-electron chi connectivity index (χ1n) is 6.82. The van der Waals surface area contributed by atoms with E-state index in [2.05, 4.69) is 4.72 Å². The van der Waals surface area contributed by atoms with Crippen molar-refractivity contribution in [1.82, 2.24) is 4.72 Å². The molecular weight excluding hydrogens is 310 g/mol. The topological polar surface area (TPSA) is 75.6 Å². The van der Waals surface area contributed by atoms with E-state index in [1.54, 1.807) is 23.9 Å². The normalized spacial score (nSPS) is 13.1. The van der Waals surface area contributed by atoms with Gasteiger partial charge in [0.2, 0.25) is 10.0 Å². The Morgan fingerprint density at radius 3 is 2.57 bits per heavy atom. The van der Waals surface area contributed by atoms with Crippen molar-refractivity contribution in [3.63, 3.8) is 0 Å². The van der Waals surface area contributed by atoms with Crippen molar-refractivity contribution < 1.29 is 18.3 Å². The molecule has 1 rings (SSSR count). The first kappa shape index (κ1) is 18.3. The van der Waals surface area contributed by atoms with E-state index in [0.717, 1.165) is 5.75 Å². The summed E-state index contributed by atoms with van der Waals surface area (Å²) in [4.78, 5) is 0.230. The van der Waals surface area contributed by atoms with Crippen molar-refractivity contribution in [2.75, 3.05) is 31.8 Å². The number of hydrogen-bond donors (Lipinski definition) is 2. The summed E-state index contributed by atoms with van der Waals surface area (Å²) in [7, 11) is -3.47. The van der Waals surface area contributed by atoms with Crippen molar-refractivity contribution in [1.29, 1.82) is 0 Å². The molecule has 0 saturated heterocycles. The molecule has 1 atom stereocenters. The summed E-state index contributed by atoms with van der Waals surface area (Å²) >= 11 is 1.70. The fourth-order valence-corrected chi connectivity index (χ4v) is 3.50. The Labute approximate surface area is 131 Å². The zero-order chi connectivity index (χ0) is 15.7. The first-order valence-corrected chi connectivity index (χ1v) is 9.69. The van der Waals surface area contributed by atoms with Crippen LogP contribution >= 0.6 is 11.8 Å². The highest BCUT2D eigenvalue weighted by Crippen LogP contribution is 2.16. The molecule has 0 aliphatic heterocycles. The molecule has 1 aromatic carbocycles. The van der Waals surface area contributed by atoms with E-state index in [-0.39, 0.29) is 17.4 Å². The van der Waals surface area contributed by atoms with Gasteiger partial charge in [0.15, 0.2) is 0 Å². The van der Waals surface area contributed by atoms with Crippen molar-refractivity contribution in [2.24, 2.45) is 5.92 Å². The quantitative estimate of drug-likeness (QED) is 0.638. The number of aliphatic hydroxyl groups is 1. The van der Waals surface area contributed by atoms with Gasteiger partial charge >= 0.3 is 0 Å². The van der Waals surface area contributed by atoms with E-state index in [1.165, 1.54) is 12.1 Å². The van der Waals surface area contributed by atoms with Crippen LogP contribution in [0, 0.1) is 5.92 Å². The van der Waals surface area contributed by atoms with E-state index in [0.29, 0.717) is 25.3 Å². The molecule has 2 N–H and O–H groups in total. The highest BCUT2D eigenvalue weighted by Gasteiger charge is 2.15. The maximum absolute atomic E-state index is 12.1. The predicted octanol–water partition coefficient (Wildman–Crippen LogP) is 1.73. The molecule has 0 aliphatic rings. The summed E-state index contributed by atoms with van der Waals surface area (Å²) in [5.74, 6) is 1.80. The highest BCUT2D eigenvalue weighted by molar-refractivity contribution is 7.98. The van der Waals surface area contributed by atoms with Gasteiger partial charge in [0.1, 0.15) is 5.75 Å². The fourth-order valence-electron chi connectivity index (χ4n) is 1.65. The van der Waals surface area contributed by atoms with Crippen LogP contribution in [0.2, 0.25) is 0 Å². The van der Waals surface area contributed by atoms with Crippen molar-refractivity contribution in [3.8, 4) is 5.75 Å². The summed E-state index contributed by atoms with van der Waals surface area (Å²) in [6.45, 7) is 2.92. The average Bonchev–Trinajstić information content (AvgIpc) is 2.46. The van der Waals surface area contributed by atoms with Crippen molar-refractivity contribution >= 4 is 21.8 Å². The average molecular weight is 333 g/mol. The highest BCUT2D eigenvalue weighted by atomic mass is 32.2. The second-order valence-corrected chi connectivity index (χ2v) is 7.49. The molecule has 1 unspecified atom stereocenters. The van der Waals surface area contributed by atoms with Crippen molar-refractivity contribution in [3.05, 3.63) is 24.3 Å². The lowest BCUT2D eigenvalue weighted by atomic mass is 10.2. The molecule has 1 aromatic rings. The van der Waals surface area contributed by atoms with Crippen LogP contribution in [-0.4, -0.2) is 45.3 Å². The second-order valence-electron chi connectivity index (χ2n) is 4.81. The number of hydrogen-bond acceptors (Lipinski definition) is 5. The number of thioether (sulfide) groups is 1. The molecule has 120 valence electrons. The van der Waals surface area contributed by atoms with Crippen LogP contribution in [-0.2, 0) is 10.0 Å². The number of ether oxygens (including phenoxy) is 1. The Bertz CT molecular complexity index is 502. The molecule has 0 radical (unpaired) electrons. The Morgan fingerprint density at radius 2 is 2.00 bits per heavy atom. The molecule has 0 heterocycles. The summed E-state index contributed by atoms with van der Waals surface area (Å²) in [5.41, 5.74) is 0. The Balaban J connectivity index is 2.58. The van der Waals surface area contributed by atoms with E-state index in [4.69, 9.17) is 9.84 Å². The summed E-state index contributed by atoms with van der Waals surface area (Å²) in [5, 5.41) is 8.67. The van der Waals surface area contributed by atoms with Gasteiger partial charge in [-0.1, -0.05) is 6.92 Å². The van der Waals surface area contributed by atoms with Gasteiger partial charge in [0.25, 0.3) is 0 Å². The van der Waals surface area contributed by atoms with E-state index < -0.39 is 10.0 Å². The Morgan fingerprint density at radius 1 is 1.33 bits per heavy atom. The lowest BCUT2D eigenvalue weighted by molar-refractivity contribution is 0.233. The van der Waals surface area contributed by atoms with Gasteiger partial charge in [-0.15, -0.1) is 0 Å². The third-order valence-corrected chi connectivity index (χ3v) is 5.12. The van der Waals surface area contributed by atoms with E-state index in [9.17, 15) is 8.42 Å². The van der Waals surface area contributed by atoms with Crippen LogP contribution in [0.3, 0.4) is 0 Å². The maximum Gasteiger partial charge on any atom is 0.240 e. The summed E-state index contributed by atoms with van der Waals surface area (Å²) in [6, 6.07) is 6.29. The number of aliphatic hydroxyl groups excluding tert-OH is 1. The van der Waals surface area contributed by atoms with Crippen LogP contribution in [0.25, 0.3) is 0 Å². The van der Waals surface area contributed by atoms with E-state index in [1.807, 2.05) is 13.2 Å². The molecule has 5 nitrogen and oxygen atoms in total. The van der Waals surface area contributed by atoms with Gasteiger partial charge in [-0.2, -0.15) is 11.8 Å². The second kappa shape index (κ2) is 9.30. The minimum Gasteiger partial charge on any atom is -0.494 e. The first-order chi connectivity index (χ1) is 9.99. The lowest BCUT2D eigenvalue weighted by Crippen LogP contribution is -2.29. The zero-order valence-electron chi connectivity index (χ0n) is 12.4. The van der Waals surface area contributed by atoms with Gasteiger partial charge in [0, 0.05) is 19.6 Å². The largest absolute Gasteiger partial charge is 0.494 e. The number of nitrogens with one attached hydrogen (secondary N) is 1. The van der Waals surface area contributed by atoms with Crippen LogP contribution in [0.4, 0.5) is 0 Å².